The van der Waals surface area contributed by atoms with Crippen molar-refractivity contribution in [1.29, 1.82) is 0 Å². The number of carbonyl (C=O) groups is 1. The smallest absolute Gasteiger partial charge is 0.313 e. The number of thioether (sulfide) groups is 1. The summed E-state index contributed by atoms with van der Waals surface area (Å²) in [7, 11) is 0. The van der Waals surface area contributed by atoms with Crippen LogP contribution in [0.5, 0.6) is 0 Å². The fourth-order valence-corrected chi connectivity index (χ4v) is 2.64. The van der Waals surface area contributed by atoms with E-state index >= 15 is 0 Å². The maximum absolute atomic E-state index is 13.7. The monoisotopic (exact) mass is 312 g/mol. The van der Waals surface area contributed by atoms with Gasteiger partial charge in [-0.3, -0.25) is 4.79 Å². The maximum Gasteiger partial charge on any atom is 0.313 e. The number of hydrogen-bond donors (Lipinski definition) is 1. The minimum absolute atomic E-state index is 0.120. The number of rotatable bonds is 6. The van der Waals surface area contributed by atoms with E-state index in [9.17, 15) is 13.6 Å². The van der Waals surface area contributed by atoms with Crippen molar-refractivity contribution in [3.63, 3.8) is 0 Å². The van der Waals surface area contributed by atoms with Crippen molar-refractivity contribution in [3.8, 4) is 0 Å². The van der Waals surface area contributed by atoms with Gasteiger partial charge in [0.1, 0.15) is 11.6 Å². The average molecular weight is 312 g/mol. The first-order valence-electron chi connectivity index (χ1n) is 6.34. The molecule has 0 unspecified atom stereocenters. The van der Waals surface area contributed by atoms with E-state index in [2.05, 4.69) is 4.98 Å². The molecule has 0 aliphatic rings. The SMILES string of the molecule is CCc1cnc(SCC(=O)O)n1Cc1cc(F)ccc1F. The Morgan fingerprint density at radius 3 is 2.86 bits per heavy atom. The van der Waals surface area contributed by atoms with Gasteiger partial charge in [0.05, 0.1) is 12.3 Å². The van der Waals surface area contributed by atoms with E-state index in [-0.39, 0.29) is 17.9 Å². The molecule has 0 atom stereocenters. The Hall–Kier alpha value is -1.89. The predicted molar refractivity (Wildman–Crippen MR) is 75.4 cm³/mol. The summed E-state index contributed by atoms with van der Waals surface area (Å²) < 4.78 is 28.7. The number of halogens is 2. The largest absolute Gasteiger partial charge is 0.481 e. The van der Waals surface area contributed by atoms with Crippen molar-refractivity contribution in [2.45, 2.75) is 25.0 Å². The molecule has 2 aromatic rings. The number of benzene rings is 1. The molecule has 0 spiro atoms. The Kier molecular flexibility index (Phi) is 4.95. The Morgan fingerprint density at radius 2 is 2.19 bits per heavy atom. The Labute approximate surface area is 124 Å². The van der Waals surface area contributed by atoms with Crippen LogP contribution in [0, 0.1) is 11.6 Å². The lowest BCUT2D eigenvalue weighted by Gasteiger charge is -2.11. The van der Waals surface area contributed by atoms with Gasteiger partial charge in [-0.15, -0.1) is 0 Å². The van der Waals surface area contributed by atoms with E-state index in [1.165, 1.54) is 0 Å². The number of imidazole rings is 1. The van der Waals surface area contributed by atoms with Gasteiger partial charge < -0.3 is 9.67 Å². The van der Waals surface area contributed by atoms with Crippen molar-refractivity contribution in [2.75, 3.05) is 5.75 Å². The van der Waals surface area contributed by atoms with Gasteiger partial charge in [0.15, 0.2) is 5.16 Å². The van der Waals surface area contributed by atoms with E-state index < -0.39 is 17.6 Å². The number of carboxylic acid groups (broad SMARTS) is 1. The maximum atomic E-state index is 13.7. The molecule has 0 radical (unpaired) electrons. The third-order valence-corrected chi connectivity index (χ3v) is 3.90. The lowest BCUT2D eigenvalue weighted by Crippen LogP contribution is -2.08. The zero-order valence-electron chi connectivity index (χ0n) is 11.3. The molecule has 0 fully saturated rings. The summed E-state index contributed by atoms with van der Waals surface area (Å²) in [5.74, 6) is -2.10. The van der Waals surface area contributed by atoms with Crippen molar-refractivity contribution in [1.82, 2.24) is 9.55 Å². The van der Waals surface area contributed by atoms with E-state index in [0.717, 1.165) is 35.7 Å². The van der Waals surface area contributed by atoms with Crippen LogP contribution in [0.1, 0.15) is 18.2 Å². The highest BCUT2D eigenvalue weighted by atomic mass is 32.2. The summed E-state index contributed by atoms with van der Waals surface area (Å²) in [5, 5.41) is 9.22. The van der Waals surface area contributed by atoms with E-state index in [4.69, 9.17) is 5.11 Å². The molecule has 1 aromatic heterocycles. The number of aliphatic carboxylic acids is 1. The quantitative estimate of drug-likeness (QED) is 0.833. The average Bonchev–Trinajstić information content (AvgIpc) is 2.82. The van der Waals surface area contributed by atoms with Crippen LogP contribution < -0.4 is 0 Å². The molecule has 0 saturated heterocycles. The Bertz CT molecular complexity index is 658. The van der Waals surface area contributed by atoms with Crippen molar-refractivity contribution < 1.29 is 18.7 Å². The number of hydrogen-bond acceptors (Lipinski definition) is 3. The first-order valence-corrected chi connectivity index (χ1v) is 7.32. The first kappa shape index (κ1) is 15.5. The van der Waals surface area contributed by atoms with E-state index in [0.29, 0.717) is 11.6 Å². The van der Waals surface area contributed by atoms with Gasteiger partial charge in [-0.1, -0.05) is 18.7 Å². The van der Waals surface area contributed by atoms with E-state index in [1.807, 2.05) is 6.92 Å². The topological polar surface area (TPSA) is 55.1 Å². The van der Waals surface area contributed by atoms with Crippen LogP contribution in [0.2, 0.25) is 0 Å². The lowest BCUT2D eigenvalue weighted by atomic mass is 10.2. The summed E-state index contributed by atoms with van der Waals surface area (Å²) in [6.07, 6.45) is 2.29. The molecule has 1 heterocycles. The van der Waals surface area contributed by atoms with Crippen molar-refractivity contribution in [3.05, 3.63) is 47.3 Å². The van der Waals surface area contributed by atoms with Gasteiger partial charge in [-0.25, -0.2) is 13.8 Å². The van der Waals surface area contributed by atoms with Crippen LogP contribution in [0.3, 0.4) is 0 Å². The predicted octanol–water partition coefficient (Wildman–Crippen LogP) is 2.95. The summed E-state index contributed by atoms with van der Waals surface area (Å²) in [6.45, 7) is 2.04. The zero-order chi connectivity index (χ0) is 15.4. The number of aromatic nitrogens is 2. The normalized spacial score (nSPS) is 10.8. The molecule has 2 rings (SSSR count). The molecule has 1 N–H and O–H groups in total. The summed E-state index contributed by atoms with van der Waals surface area (Å²) >= 11 is 1.06. The number of nitrogens with zero attached hydrogens (tertiary/aromatic N) is 2. The molecule has 4 nitrogen and oxygen atoms in total. The first-order chi connectivity index (χ1) is 10.0. The van der Waals surface area contributed by atoms with Gasteiger partial charge in [0.2, 0.25) is 0 Å². The van der Waals surface area contributed by atoms with Crippen LogP contribution in [-0.4, -0.2) is 26.4 Å². The van der Waals surface area contributed by atoms with Gasteiger partial charge in [0, 0.05) is 17.5 Å². The second kappa shape index (κ2) is 6.71. The van der Waals surface area contributed by atoms with Gasteiger partial charge >= 0.3 is 5.97 Å². The molecule has 0 bridgehead atoms. The van der Waals surface area contributed by atoms with Gasteiger partial charge in [-0.05, 0) is 24.6 Å². The minimum atomic E-state index is -0.954. The third-order valence-electron chi connectivity index (χ3n) is 2.92. The highest BCUT2D eigenvalue weighted by Crippen LogP contribution is 2.21. The standard InChI is InChI=1S/C14H14F2N2O2S/c1-2-11-6-17-14(21-8-13(19)20)18(11)7-9-5-10(15)3-4-12(9)16/h3-6H,2,7-8H2,1H3,(H,19,20). The Balaban J connectivity index is 2.30. The highest BCUT2D eigenvalue weighted by molar-refractivity contribution is 7.99. The highest BCUT2D eigenvalue weighted by Gasteiger charge is 2.13. The molecule has 0 saturated carbocycles. The fraction of sp³-hybridized carbons (Fsp3) is 0.286. The molecule has 112 valence electrons. The van der Waals surface area contributed by atoms with Crippen LogP contribution in [0.4, 0.5) is 8.78 Å². The molecule has 21 heavy (non-hydrogen) atoms. The summed E-state index contributed by atoms with van der Waals surface area (Å²) in [4.78, 5) is 14.8. The minimum Gasteiger partial charge on any atom is -0.481 e. The molecular weight excluding hydrogens is 298 g/mol. The molecule has 1 aromatic carbocycles. The molecular formula is C14H14F2N2O2S. The van der Waals surface area contributed by atoms with Crippen LogP contribution >= 0.6 is 11.8 Å². The second-order valence-corrected chi connectivity index (χ2v) is 5.33. The summed E-state index contributed by atoms with van der Waals surface area (Å²) in [6, 6.07) is 3.28. The molecule has 7 heteroatoms. The van der Waals surface area contributed by atoms with Gasteiger partial charge in [0.25, 0.3) is 0 Å². The van der Waals surface area contributed by atoms with Crippen molar-refractivity contribution in [2.24, 2.45) is 0 Å². The van der Waals surface area contributed by atoms with Crippen LogP contribution in [0.25, 0.3) is 0 Å². The third kappa shape index (κ3) is 3.81. The summed E-state index contributed by atoms with van der Waals surface area (Å²) in [5.41, 5.74) is 1.05. The van der Waals surface area contributed by atoms with Gasteiger partial charge in [-0.2, -0.15) is 0 Å². The van der Waals surface area contributed by atoms with Crippen LogP contribution in [0.15, 0.2) is 29.6 Å². The molecule has 0 amide bonds. The molecule has 0 aliphatic carbocycles. The van der Waals surface area contributed by atoms with Crippen LogP contribution in [-0.2, 0) is 17.8 Å². The zero-order valence-corrected chi connectivity index (χ0v) is 12.2. The van der Waals surface area contributed by atoms with Crippen molar-refractivity contribution >= 4 is 17.7 Å². The number of carboxylic acids is 1. The van der Waals surface area contributed by atoms with E-state index in [1.54, 1.807) is 10.8 Å². The number of aryl methyl sites for hydroxylation is 1. The molecule has 0 aliphatic heterocycles. The second-order valence-electron chi connectivity index (χ2n) is 4.39. The fourth-order valence-electron chi connectivity index (χ4n) is 1.92. The Morgan fingerprint density at radius 1 is 1.43 bits per heavy atom. The lowest BCUT2D eigenvalue weighted by molar-refractivity contribution is -0.133.